The Morgan fingerprint density at radius 1 is 1.11 bits per heavy atom. The maximum absolute atomic E-state index is 12.9. The molecule has 35 heavy (non-hydrogen) atoms. The number of thioether (sulfide) groups is 1. The van der Waals surface area contributed by atoms with Gasteiger partial charge >= 0.3 is 12.0 Å². The van der Waals surface area contributed by atoms with Crippen LogP contribution >= 0.6 is 11.8 Å². The lowest BCUT2D eigenvalue weighted by atomic mass is 9.95. The van der Waals surface area contributed by atoms with E-state index in [0.29, 0.717) is 28.1 Å². The van der Waals surface area contributed by atoms with Crippen molar-refractivity contribution in [3.05, 3.63) is 70.4 Å². The van der Waals surface area contributed by atoms with Gasteiger partial charge in [-0.2, -0.15) is 0 Å². The van der Waals surface area contributed by atoms with Gasteiger partial charge < -0.3 is 24.5 Å². The number of ether oxygens (including phenoxy) is 2. The molecule has 0 fully saturated rings. The molecule has 182 valence electrons. The fraction of sp³-hybridized carbons (Fsp3) is 0.280. The number of nitrogens with one attached hydrogen (secondary N) is 2. The van der Waals surface area contributed by atoms with Gasteiger partial charge in [0.15, 0.2) is 0 Å². The van der Waals surface area contributed by atoms with Crippen LogP contribution in [-0.4, -0.2) is 41.7 Å². The normalized spacial score (nSPS) is 15.4. The molecule has 10 heteroatoms. The minimum absolute atomic E-state index is 0.203. The number of rotatable bonds is 8. The van der Waals surface area contributed by atoms with Gasteiger partial charge in [-0.15, -0.1) is 10.2 Å². The van der Waals surface area contributed by atoms with Crippen LogP contribution in [0.15, 0.2) is 63.4 Å². The largest absolute Gasteiger partial charge is 0.497 e. The molecule has 1 aliphatic heterocycles. The Bertz CT molecular complexity index is 1250. The fourth-order valence-corrected chi connectivity index (χ4v) is 4.58. The Labute approximate surface area is 207 Å². The van der Waals surface area contributed by atoms with Crippen molar-refractivity contribution in [2.45, 2.75) is 32.0 Å². The van der Waals surface area contributed by atoms with Crippen LogP contribution in [0.5, 0.6) is 5.75 Å². The lowest BCUT2D eigenvalue weighted by molar-refractivity contribution is -0.139. The second-order valence-electron chi connectivity index (χ2n) is 7.96. The number of benzene rings is 2. The molecule has 0 bridgehead atoms. The zero-order valence-corrected chi connectivity index (χ0v) is 20.7. The number of carbonyl (C=O) groups is 2. The van der Waals surface area contributed by atoms with E-state index in [1.165, 1.54) is 11.8 Å². The highest BCUT2D eigenvalue weighted by molar-refractivity contribution is 7.99. The van der Waals surface area contributed by atoms with Crippen LogP contribution in [0.25, 0.3) is 11.5 Å². The zero-order chi connectivity index (χ0) is 24.9. The second-order valence-corrected chi connectivity index (χ2v) is 8.88. The van der Waals surface area contributed by atoms with E-state index in [0.717, 1.165) is 22.3 Å². The van der Waals surface area contributed by atoms with Crippen molar-refractivity contribution in [3.8, 4) is 17.2 Å². The molecule has 0 saturated heterocycles. The summed E-state index contributed by atoms with van der Waals surface area (Å²) in [7, 11) is 1.57. The molecule has 1 aromatic heterocycles. The van der Waals surface area contributed by atoms with Gasteiger partial charge in [-0.3, -0.25) is 0 Å². The molecule has 3 aromatic rings. The average molecular weight is 495 g/mol. The summed E-state index contributed by atoms with van der Waals surface area (Å²) in [5.74, 6) is 0.785. The van der Waals surface area contributed by atoms with E-state index in [1.54, 1.807) is 38.3 Å². The first-order chi connectivity index (χ1) is 16.9. The summed E-state index contributed by atoms with van der Waals surface area (Å²) < 4.78 is 16.4. The maximum Gasteiger partial charge on any atom is 0.338 e. The number of aryl methyl sites for hydroxylation is 2. The molecule has 0 aliphatic carbocycles. The zero-order valence-electron chi connectivity index (χ0n) is 19.9. The third-order valence-corrected chi connectivity index (χ3v) is 6.16. The lowest BCUT2D eigenvalue weighted by Crippen LogP contribution is -2.46. The van der Waals surface area contributed by atoms with E-state index in [9.17, 15) is 9.59 Å². The van der Waals surface area contributed by atoms with Crippen LogP contribution in [0.2, 0.25) is 0 Å². The maximum atomic E-state index is 12.9. The summed E-state index contributed by atoms with van der Waals surface area (Å²) in [5, 5.41) is 14.2. The standard InChI is InChI=1S/C25H26N4O5S/c1-5-33-23(30)20-19(26-24(31)27-21(20)16-6-8-18(32-4)9-7-16)13-35-25-29-28-22(34-25)17-11-14(2)10-15(3)12-17/h6-12,21H,5,13H2,1-4H3,(H2,26,27,31). The molecule has 2 amide bonds. The van der Waals surface area contributed by atoms with Gasteiger partial charge in [0.05, 0.1) is 25.3 Å². The van der Waals surface area contributed by atoms with Gasteiger partial charge in [0.1, 0.15) is 5.75 Å². The summed E-state index contributed by atoms with van der Waals surface area (Å²) in [5.41, 5.74) is 4.49. The van der Waals surface area contributed by atoms with E-state index in [-0.39, 0.29) is 12.4 Å². The van der Waals surface area contributed by atoms with Crippen molar-refractivity contribution in [3.63, 3.8) is 0 Å². The number of amides is 2. The summed E-state index contributed by atoms with van der Waals surface area (Å²) >= 11 is 1.23. The predicted molar refractivity (Wildman–Crippen MR) is 131 cm³/mol. The Kier molecular flexibility index (Phi) is 7.40. The number of methoxy groups -OCH3 is 1. The second kappa shape index (κ2) is 10.6. The molecule has 0 saturated carbocycles. The topological polar surface area (TPSA) is 116 Å². The molecule has 2 heterocycles. The Hall–Kier alpha value is -3.79. The number of hydrogen-bond donors (Lipinski definition) is 2. The smallest absolute Gasteiger partial charge is 0.338 e. The summed E-state index contributed by atoms with van der Waals surface area (Å²) in [6.07, 6.45) is 0. The minimum atomic E-state index is -0.683. The molecule has 2 aromatic carbocycles. The van der Waals surface area contributed by atoms with E-state index in [1.807, 2.05) is 26.0 Å². The van der Waals surface area contributed by atoms with E-state index >= 15 is 0 Å². The van der Waals surface area contributed by atoms with Crippen molar-refractivity contribution in [1.29, 1.82) is 0 Å². The van der Waals surface area contributed by atoms with Crippen molar-refractivity contribution < 1.29 is 23.5 Å². The first-order valence-corrected chi connectivity index (χ1v) is 12.0. The Balaban J connectivity index is 1.61. The molecule has 1 unspecified atom stereocenters. The highest BCUT2D eigenvalue weighted by atomic mass is 32.2. The van der Waals surface area contributed by atoms with Crippen molar-refractivity contribution >= 4 is 23.8 Å². The van der Waals surface area contributed by atoms with Gasteiger partial charge in [0, 0.05) is 17.0 Å². The van der Waals surface area contributed by atoms with E-state index in [2.05, 4.69) is 26.9 Å². The number of nitrogens with zero attached hydrogens (tertiary/aromatic N) is 2. The molecule has 9 nitrogen and oxygen atoms in total. The third-order valence-electron chi connectivity index (χ3n) is 5.31. The molecule has 0 radical (unpaired) electrons. The molecule has 0 spiro atoms. The fourth-order valence-electron chi connectivity index (χ4n) is 3.84. The molecular formula is C25H26N4O5S. The van der Waals surface area contributed by atoms with E-state index < -0.39 is 18.0 Å². The number of esters is 1. The Morgan fingerprint density at radius 2 is 1.83 bits per heavy atom. The first kappa shape index (κ1) is 24.3. The van der Waals surface area contributed by atoms with Gasteiger partial charge in [-0.25, -0.2) is 9.59 Å². The summed E-state index contributed by atoms with van der Waals surface area (Å²) in [4.78, 5) is 25.4. The van der Waals surface area contributed by atoms with E-state index in [4.69, 9.17) is 13.9 Å². The predicted octanol–water partition coefficient (Wildman–Crippen LogP) is 4.33. The number of urea groups is 1. The van der Waals surface area contributed by atoms with Crippen LogP contribution in [-0.2, 0) is 9.53 Å². The lowest BCUT2D eigenvalue weighted by Gasteiger charge is -2.29. The van der Waals surface area contributed by atoms with Crippen molar-refractivity contribution in [2.75, 3.05) is 19.5 Å². The minimum Gasteiger partial charge on any atom is -0.497 e. The highest BCUT2D eigenvalue weighted by Gasteiger charge is 2.34. The summed E-state index contributed by atoms with van der Waals surface area (Å²) in [6.45, 7) is 5.95. The molecule has 2 N–H and O–H groups in total. The van der Waals surface area contributed by atoms with Crippen LogP contribution in [0.3, 0.4) is 0 Å². The van der Waals surface area contributed by atoms with Crippen LogP contribution in [0.1, 0.15) is 29.7 Å². The highest BCUT2D eigenvalue weighted by Crippen LogP contribution is 2.32. The van der Waals surface area contributed by atoms with Gasteiger partial charge in [-0.05, 0) is 50.6 Å². The quantitative estimate of drug-likeness (QED) is 0.351. The average Bonchev–Trinajstić information content (AvgIpc) is 3.31. The van der Waals surface area contributed by atoms with Crippen LogP contribution < -0.4 is 15.4 Å². The third kappa shape index (κ3) is 5.65. The van der Waals surface area contributed by atoms with Gasteiger partial charge in [0.25, 0.3) is 5.22 Å². The summed E-state index contributed by atoms with van der Waals surface area (Å²) in [6, 6.07) is 12.1. The number of hydrogen-bond acceptors (Lipinski definition) is 8. The molecular weight excluding hydrogens is 468 g/mol. The molecule has 1 aliphatic rings. The van der Waals surface area contributed by atoms with Crippen molar-refractivity contribution in [2.24, 2.45) is 0 Å². The molecule has 4 rings (SSSR count). The SMILES string of the molecule is CCOC(=O)C1=C(CSc2nnc(-c3cc(C)cc(C)c3)o2)NC(=O)NC1c1ccc(OC)cc1. The molecule has 1 atom stereocenters. The van der Waals surface area contributed by atoms with Crippen LogP contribution in [0, 0.1) is 13.8 Å². The first-order valence-electron chi connectivity index (χ1n) is 11.0. The van der Waals surface area contributed by atoms with Gasteiger partial charge in [-0.1, -0.05) is 41.1 Å². The van der Waals surface area contributed by atoms with Crippen molar-refractivity contribution in [1.82, 2.24) is 20.8 Å². The monoisotopic (exact) mass is 494 g/mol. The Morgan fingerprint density at radius 3 is 2.49 bits per heavy atom. The number of carbonyl (C=O) groups excluding carboxylic acids is 2. The number of aromatic nitrogens is 2. The van der Waals surface area contributed by atoms with Crippen LogP contribution in [0.4, 0.5) is 4.79 Å². The van der Waals surface area contributed by atoms with Gasteiger partial charge in [0.2, 0.25) is 5.89 Å².